The molecule has 1 N–H and O–H groups in total. The molecule has 1 fully saturated rings. The molecule has 1 saturated heterocycles. The number of nitrogens with one attached hydrogen (secondary N) is 1. The van der Waals surface area contributed by atoms with Crippen molar-refractivity contribution in [3.8, 4) is 22.8 Å². The van der Waals surface area contributed by atoms with Crippen LogP contribution in [0.3, 0.4) is 0 Å². The molecule has 1 aliphatic rings. The Kier molecular flexibility index (Phi) is 8.71. The zero-order valence-corrected chi connectivity index (χ0v) is 24.5. The van der Waals surface area contributed by atoms with Crippen molar-refractivity contribution in [1.29, 1.82) is 0 Å². The van der Waals surface area contributed by atoms with E-state index >= 15 is 0 Å². The lowest BCUT2D eigenvalue weighted by molar-refractivity contribution is 0.00712. The number of aryl methyl sites for hydroxylation is 2. The highest BCUT2D eigenvalue weighted by Gasteiger charge is 2.29. The average molecular weight is 549 g/mol. The molecule has 2 aromatic carbocycles. The molecule has 40 heavy (non-hydrogen) atoms. The third-order valence-electron chi connectivity index (χ3n) is 7.32. The fourth-order valence-electron chi connectivity index (χ4n) is 4.60. The summed E-state index contributed by atoms with van der Waals surface area (Å²) in [6.07, 6.45) is 1.71. The predicted molar refractivity (Wildman–Crippen MR) is 155 cm³/mol. The highest BCUT2D eigenvalue weighted by Crippen LogP contribution is 2.38. The second kappa shape index (κ2) is 12.0. The van der Waals surface area contributed by atoms with Crippen LogP contribution in [0, 0.1) is 13.8 Å². The maximum atomic E-state index is 13.0. The SMILES string of the molecule is CCC(C)(C)OC(=O)N1CCC(NC(=O)c2cc(-c3c(C)cc(C)cc3Oc3ccc(N(C)C)cc3)on2)CC1. The maximum absolute atomic E-state index is 13.0. The van der Waals surface area contributed by atoms with E-state index in [9.17, 15) is 9.59 Å². The van der Waals surface area contributed by atoms with Gasteiger partial charge in [-0.3, -0.25) is 4.79 Å². The Balaban J connectivity index is 1.42. The number of hydrogen-bond acceptors (Lipinski definition) is 7. The smallest absolute Gasteiger partial charge is 0.410 e. The quantitative estimate of drug-likeness (QED) is 0.351. The van der Waals surface area contributed by atoms with E-state index in [0.29, 0.717) is 43.2 Å². The highest BCUT2D eigenvalue weighted by molar-refractivity contribution is 5.93. The zero-order valence-electron chi connectivity index (χ0n) is 24.5. The third-order valence-corrected chi connectivity index (χ3v) is 7.32. The van der Waals surface area contributed by atoms with Crippen LogP contribution in [0.1, 0.15) is 61.6 Å². The first-order chi connectivity index (χ1) is 19.0. The summed E-state index contributed by atoms with van der Waals surface area (Å²) in [4.78, 5) is 29.2. The van der Waals surface area contributed by atoms with E-state index in [-0.39, 0.29) is 23.7 Å². The van der Waals surface area contributed by atoms with Crippen LogP contribution in [0.5, 0.6) is 11.5 Å². The van der Waals surface area contributed by atoms with Crippen molar-refractivity contribution in [2.24, 2.45) is 0 Å². The van der Waals surface area contributed by atoms with Crippen molar-refractivity contribution >= 4 is 17.7 Å². The lowest BCUT2D eigenvalue weighted by Gasteiger charge is -2.34. The first-order valence-electron chi connectivity index (χ1n) is 13.8. The first kappa shape index (κ1) is 29.0. The van der Waals surface area contributed by atoms with Crippen molar-refractivity contribution in [1.82, 2.24) is 15.4 Å². The van der Waals surface area contributed by atoms with Gasteiger partial charge in [0.1, 0.15) is 17.1 Å². The number of ether oxygens (including phenoxy) is 2. The van der Waals surface area contributed by atoms with E-state index in [1.165, 1.54) is 0 Å². The number of rotatable bonds is 8. The number of benzene rings is 2. The number of likely N-dealkylation sites (tertiary alicyclic amines) is 1. The van der Waals surface area contributed by atoms with Crippen LogP contribution >= 0.6 is 0 Å². The fourth-order valence-corrected chi connectivity index (χ4v) is 4.60. The minimum atomic E-state index is -0.496. The van der Waals surface area contributed by atoms with Crippen LogP contribution in [-0.2, 0) is 4.74 Å². The molecule has 4 rings (SSSR count). The van der Waals surface area contributed by atoms with Gasteiger partial charge in [-0.1, -0.05) is 18.1 Å². The van der Waals surface area contributed by atoms with Gasteiger partial charge in [0.05, 0.1) is 5.56 Å². The molecule has 1 aliphatic heterocycles. The lowest BCUT2D eigenvalue weighted by Crippen LogP contribution is -2.48. The van der Waals surface area contributed by atoms with E-state index in [4.69, 9.17) is 14.0 Å². The van der Waals surface area contributed by atoms with Gasteiger partial charge < -0.3 is 29.1 Å². The van der Waals surface area contributed by atoms with Crippen LogP contribution in [0.15, 0.2) is 47.0 Å². The van der Waals surface area contributed by atoms with Crippen molar-refractivity contribution in [2.75, 3.05) is 32.1 Å². The zero-order chi connectivity index (χ0) is 29.0. The molecule has 1 aromatic heterocycles. The minimum absolute atomic E-state index is 0.0685. The van der Waals surface area contributed by atoms with E-state index in [1.54, 1.807) is 11.0 Å². The Bertz CT molecular complexity index is 1340. The summed E-state index contributed by atoms with van der Waals surface area (Å²) in [6, 6.07) is 13.4. The topological polar surface area (TPSA) is 97.1 Å². The number of anilines is 1. The molecule has 0 atom stereocenters. The third kappa shape index (κ3) is 6.94. The lowest BCUT2D eigenvalue weighted by atomic mass is 10.0. The van der Waals surface area contributed by atoms with Gasteiger partial charge in [-0.25, -0.2) is 4.79 Å². The molecule has 0 bridgehead atoms. The number of hydrogen-bond donors (Lipinski definition) is 1. The molecule has 0 radical (unpaired) electrons. The van der Waals surface area contributed by atoms with Crippen LogP contribution in [0.4, 0.5) is 10.5 Å². The molecular weight excluding hydrogens is 508 g/mol. The molecule has 9 heteroatoms. The molecule has 2 heterocycles. The second-order valence-corrected chi connectivity index (χ2v) is 11.2. The summed E-state index contributed by atoms with van der Waals surface area (Å²) < 4.78 is 17.5. The van der Waals surface area contributed by atoms with Gasteiger partial charge in [0.2, 0.25) is 0 Å². The predicted octanol–water partition coefficient (Wildman–Crippen LogP) is 6.34. The Morgan fingerprint density at radius 1 is 1.10 bits per heavy atom. The van der Waals surface area contributed by atoms with Gasteiger partial charge in [-0.05, 0) is 88.4 Å². The van der Waals surface area contributed by atoms with Gasteiger partial charge in [0.25, 0.3) is 5.91 Å². The van der Waals surface area contributed by atoms with Crippen LogP contribution in [0.2, 0.25) is 0 Å². The number of nitrogens with zero attached hydrogens (tertiary/aromatic N) is 3. The summed E-state index contributed by atoms with van der Waals surface area (Å²) in [7, 11) is 3.98. The number of amides is 2. The summed E-state index contributed by atoms with van der Waals surface area (Å²) in [6.45, 7) is 10.8. The molecular formula is C31H40N4O5. The van der Waals surface area contributed by atoms with Gasteiger partial charge >= 0.3 is 6.09 Å². The molecule has 214 valence electrons. The van der Waals surface area contributed by atoms with Crippen molar-refractivity contribution < 1.29 is 23.6 Å². The van der Waals surface area contributed by atoms with E-state index in [1.807, 2.05) is 90.0 Å². The average Bonchev–Trinajstić information content (AvgIpc) is 3.39. The van der Waals surface area contributed by atoms with Crippen LogP contribution in [0.25, 0.3) is 11.3 Å². The number of carbonyl (C=O) groups excluding carboxylic acids is 2. The van der Waals surface area contributed by atoms with Crippen molar-refractivity contribution in [2.45, 2.75) is 65.5 Å². The standard InChI is InChI=1S/C31H40N4O5/c1-8-31(4,5)39-30(37)35-15-13-22(14-16-35)32-29(36)25-19-27(40-33-25)28-21(3)17-20(2)18-26(28)38-24-11-9-23(10-12-24)34(6)7/h9-12,17-19,22H,8,13-16H2,1-7H3,(H,32,36). The summed E-state index contributed by atoms with van der Waals surface area (Å²) >= 11 is 0. The van der Waals surface area contributed by atoms with E-state index < -0.39 is 5.60 Å². The maximum Gasteiger partial charge on any atom is 0.410 e. The van der Waals surface area contributed by atoms with Crippen LogP contribution < -0.4 is 15.0 Å². The van der Waals surface area contributed by atoms with Crippen LogP contribution in [-0.4, -0.2) is 60.9 Å². The normalized spacial score (nSPS) is 14.1. The Hall–Kier alpha value is -4.01. The first-order valence-corrected chi connectivity index (χ1v) is 13.8. The molecule has 3 aromatic rings. The Morgan fingerprint density at radius 3 is 2.40 bits per heavy atom. The van der Waals surface area contributed by atoms with Gasteiger partial charge in [-0.2, -0.15) is 0 Å². The number of carbonyl (C=O) groups is 2. The fraction of sp³-hybridized carbons (Fsp3) is 0.452. The van der Waals surface area contributed by atoms with Crippen molar-refractivity contribution in [3.63, 3.8) is 0 Å². The highest BCUT2D eigenvalue weighted by atomic mass is 16.6. The Labute approximate surface area is 236 Å². The summed E-state index contributed by atoms with van der Waals surface area (Å²) in [5.74, 6) is 1.47. The molecule has 0 aliphatic carbocycles. The molecule has 9 nitrogen and oxygen atoms in total. The minimum Gasteiger partial charge on any atom is -0.457 e. The summed E-state index contributed by atoms with van der Waals surface area (Å²) in [5, 5.41) is 7.10. The van der Waals surface area contributed by atoms with Gasteiger partial charge in [-0.15, -0.1) is 0 Å². The van der Waals surface area contributed by atoms with E-state index in [0.717, 1.165) is 28.8 Å². The largest absolute Gasteiger partial charge is 0.457 e. The summed E-state index contributed by atoms with van der Waals surface area (Å²) in [5.41, 5.74) is 3.52. The molecule has 2 amide bonds. The number of piperidine rings is 1. The molecule has 0 saturated carbocycles. The van der Waals surface area contributed by atoms with Gasteiger partial charge in [0, 0.05) is 45.0 Å². The molecule has 0 unspecified atom stereocenters. The Morgan fingerprint density at radius 2 is 1.77 bits per heavy atom. The second-order valence-electron chi connectivity index (χ2n) is 11.2. The molecule has 0 spiro atoms. The van der Waals surface area contributed by atoms with Crippen molar-refractivity contribution in [3.05, 3.63) is 59.3 Å². The van der Waals surface area contributed by atoms with E-state index in [2.05, 4.69) is 10.5 Å². The number of aromatic nitrogens is 1. The monoisotopic (exact) mass is 548 g/mol. The van der Waals surface area contributed by atoms with Gasteiger partial charge in [0.15, 0.2) is 11.5 Å².